The highest BCUT2D eigenvalue weighted by Crippen LogP contribution is 2.34. The Bertz CT molecular complexity index is 835. The molecule has 3 rings (SSSR count). The Morgan fingerprint density at radius 3 is 2.40 bits per heavy atom. The van der Waals surface area contributed by atoms with Crippen LogP contribution in [0.4, 0.5) is 0 Å². The monoisotopic (exact) mass is 435 g/mol. The molecule has 1 saturated carbocycles. The summed E-state index contributed by atoms with van der Waals surface area (Å²) in [7, 11) is 0.276. The van der Waals surface area contributed by atoms with E-state index >= 15 is 0 Å². The molecule has 2 fully saturated rings. The molecule has 0 atom stereocenters. The number of likely N-dealkylation sites (N-methyl/N-ethyl adjacent to an activating group) is 1. The van der Waals surface area contributed by atoms with Gasteiger partial charge in [0.05, 0.1) is 4.90 Å². The summed E-state index contributed by atoms with van der Waals surface area (Å²) in [5.74, 6) is 0.728. The molecule has 2 N–H and O–H groups in total. The first-order valence-electron chi connectivity index (χ1n) is 10.9. The lowest BCUT2D eigenvalue weighted by molar-refractivity contribution is 0.216. The van der Waals surface area contributed by atoms with Crippen molar-refractivity contribution < 1.29 is 8.42 Å². The van der Waals surface area contributed by atoms with Crippen LogP contribution in [0.15, 0.2) is 34.2 Å². The number of sulfonamides is 1. The van der Waals surface area contributed by atoms with Gasteiger partial charge in [-0.15, -0.1) is 0 Å². The maximum absolute atomic E-state index is 13.2. The zero-order valence-electron chi connectivity index (χ0n) is 18.8. The summed E-state index contributed by atoms with van der Waals surface area (Å²) in [4.78, 5) is 6.89. The average molecular weight is 436 g/mol. The standard InChI is InChI=1S/C22H37N5O2S/c1-22(2)11-9-19(10-12-22)25-21(23-3)24-17-18-7-5-6-8-20(18)30(28,29)27-15-13-26(4)14-16-27/h5-8,19H,9-17H2,1-4H3,(H2,23,24,25). The normalized spacial score (nSPS) is 22.1. The van der Waals surface area contributed by atoms with Crippen LogP contribution in [0.3, 0.4) is 0 Å². The highest BCUT2D eigenvalue weighted by atomic mass is 32.2. The van der Waals surface area contributed by atoms with Crippen molar-refractivity contribution in [3.05, 3.63) is 29.8 Å². The predicted octanol–water partition coefficient (Wildman–Crippen LogP) is 2.26. The zero-order valence-corrected chi connectivity index (χ0v) is 19.6. The molecule has 1 heterocycles. The van der Waals surface area contributed by atoms with Crippen molar-refractivity contribution in [2.24, 2.45) is 10.4 Å². The van der Waals surface area contributed by atoms with Gasteiger partial charge in [-0.05, 0) is 49.8 Å². The largest absolute Gasteiger partial charge is 0.354 e. The van der Waals surface area contributed by atoms with E-state index < -0.39 is 10.0 Å². The van der Waals surface area contributed by atoms with Crippen molar-refractivity contribution in [2.75, 3.05) is 40.3 Å². The smallest absolute Gasteiger partial charge is 0.243 e. The molecule has 1 saturated heterocycles. The van der Waals surface area contributed by atoms with E-state index in [0.717, 1.165) is 37.5 Å². The first kappa shape index (κ1) is 23.0. The molecule has 0 unspecified atom stereocenters. The Morgan fingerprint density at radius 1 is 1.13 bits per heavy atom. The summed E-state index contributed by atoms with van der Waals surface area (Å²) in [5.41, 5.74) is 1.19. The molecule has 1 aromatic rings. The number of hydrogen-bond acceptors (Lipinski definition) is 4. The molecule has 30 heavy (non-hydrogen) atoms. The van der Waals surface area contributed by atoms with Gasteiger partial charge in [-0.2, -0.15) is 4.31 Å². The molecular formula is C22H37N5O2S. The quantitative estimate of drug-likeness (QED) is 0.548. The van der Waals surface area contributed by atoms with Gasteiger partial charge >= 0.3 is 0 Å². The first-order chi connectivity index (χ1) is 14.2. The summed E-state index contributed by atoms with van der Waals surface area (Å²) in [6.07, 6.45) is 4.66. The molecule has 0 amide bonds. The molecule has 168 valence electrons. The molecule has 0 aromatic heterocycles. The second kappa shape index (κ2) is 9.66. The van der Waals surface area contributed by atoms with Gasteiger partial charge in [0.25, 0.3) is 0 Å². The Labute approximate surface area is 182 Å². The van der Waals surface area contributed by atoms with Gasteiger partial charge in [0.15, 0.2) is 5.96 Å². The number of nitrogens with one attached hydrogen (secondary N) is 2. The molecule has 8 heteroatoms. The lowest BCUT2D eigenvalue weighted by Crippen LogP contribution is -2.47. The van der Waals surface area contributed by atoms with E-state index in [4.69, 9.17) is 0 Å². The molecule has 1 aliphatic heterocycles. The van der Waals surface area contributed by atoms with E-state index in [1.165, 1.54) is 12.8 Å². The second-order valence-corrected chi connectivity index (χ2v) is 11.2. The number of benzene rings is 1. The molecule has 1 aliphatic carbocycles. The van der Waals surface area contributed by atoms with Crippen LogP contribution in [0.2, 0.25) is 0 Å². The van der Waals surface area contributed by atoms with Crippen molar-refractivity contribution in [1.82, 2.24) is 19.8 Å². The minimum Gasteiger partial charge on any atom is -0.354 e. The molecule has 2 aliphatic rings. The summed E-state index contributed by atoms with van der Waals surface area (Å²) in [5, 5.41) is 6.84. The number of nitrogens with zero attached hydrogens (tertiary/aromatic N) is 3. The topological polar surface area (TPSA) is 77.0 Å². The van der Waals surface area contributed by atoms with Crippen LogP contribution >= 0.6 is 0 Å². The molecule has 7 nitrogen and oxygen atoms in total. The Balaban J connectivity index is 1.64. The Hall–Kier alpha value is -1.64. The van der Waals surface area contributed by atoms with Crippen molar-refractivity contribution in [3.63, 3.8) is 0 Å². The third kappa shape index (κ3) is 5.74. The fraction of sp³-hybridized carbons (Fsp3) is 0.682. The fourth-order valence-corrected chi connectivity index (χ4v) is 5.82. The fourth-order valence-electron chi connectivity index (χ4n) is 4.18. The van der Waals surface area contributed by atoms with Crippen molar-refractivity contribution >= 4 is 16.0 Å². The van der Waals surface area contributed by atoms with Gasteiger partial charge < -0.3 is 15.5 Å². The highest BCUT2D eigenvalue weighted by Gasteiger charge is 2.30. The van der Waals surface area contributed by atoms with Crippen molar-refractivity contribution in [3.8, 4) is 0 Å². The minimum absolute atomic E-state index is 0.386. The Kier molecular flexibility index (Phi) is 7.42. The van der Waals surface area contributed by atoms with Gasteiger partial charge in [-0.3, -0.25) is 4.99 Å². The van der Waals surface area contributed by atoms with Crippen LogP contribution in [-0.2, 0) is 16.6 Å². The Morgan fingerprint density at radius 2 is 1.77 bits per heavy atom. The molecule has 0 radical (unpaired) electrons. The van der Waals surface area contributed by atoms with Crippen LogP contribution in [0, 0.1) is 5.41 Å². The maximum Gasteiger partial charge on any atom is 0.243 e. The van der Waals surface area contributed by atoms with Crippen LogP contribution < -0.4 is 10.6 Å². The third-order valence-electron chi connectivity index (χ3n) is 6.40. The van der Waals surface area contributed by atoms with Crippen LogP contribution in [0.1, 0.15) is 45.1 Å². The lowest BCUT2D eigenvalue weighted by atomic mass is 9.75. The van der Waals surface area contributed by atoms with Gasteiger partial charge in [0.1, 0.15) is 0 Å². The minimum atomic E-state index is -3.50. The van der Waals surface area contributed by atoms with E-state index in [0.29, 0.717) is 36.0 Å². The van der Waals surface area contributed by atoms with Crippen LogP contribution in [-0.4, -0.2) is 69.9 Å². The number of guanidine groups is 1. The van der Waals surface area contributed by atoms with Gasteiger partial charge in [0, 0.05) is 45.8 Å². The molecule has 0 bridgehead atoms. The summed E-state index contributed by atoms with van der Waals surface area (Å²) >= 11 is 0. The average Bonchev–Trinajstić information content (AvgIpc) is 2.73. The summed E-state index contributed by atoms with van der Waals surface area (Å²) in [6.45, 7) is 7.65. The first-order valence-corrected chi connectivity index (χ1v) is 12.4. The van der Waals surface area contributed by atoms with Crippen molar-refractivity contribution in [2.45, 2.75) is 57.0 Å². The SMILES string of the molecule is CN=C(NCc1ccccc1S(=O)(=O)N1CCN(C)CC1)NC1CCC(C)(C)CC1. The molecule has 1 aromatic carbocycles. The van der Waals surface area contributed by atoms with E-state index in [-0.39, 0.29) is 0 Å². The van der Waals surface area contributed by atoms with E-state index in [1.54, 1.807) is 23.5 Å². The number of rotatable bonds is 5. The van der Waals surface area contributed by atoms with E-state index in [1.807, 2.05) is 19.2 Å². The molecule has 0 spiro atoms. The lowest BCUT2D eigenvalue weighted by Gasteiger charge is -2.35. The maximum atomic E-state index is 13.2. The number of aliphatic imine (C=N–C) groups is 1. The van der Waals surface area contributed by atoms with Gasteiger partial charge in [-0.1, -0.05) is 32.0 Å². The third-order valence-corrected chi connectivity index (χ3v) is 8.40. The van der Waals surface area contributed by atoms with Crippen LogP contribution in [0.5, 0.6) is 0 Å². The predicted molar refractivity (Wildman–Crippen MR) is 122 cm³/mol. The zero-order chi connectivity index (χ0) is 21.8. The van der Waals surface area contributed by atoms with Gasteiger partial charge in [0.2, 0.25) is 10.0 Å². The van der Waals surface area contributed by atoms with E-state index in [9.17, 15) is 8.42 Å². The number of piperazine rings is 1. The van der Waals surface area contributed by atoms with Crippen molar-refractivity contribution in [1.29, 1.82) is 0 Å². The highest BCUT2D eigenvalue weighted by molar-refractivity contribution is 7.89. The van der Waals surface area contributed by atoms with E-state index in [2.05, 4.69) is 34.4 Å². The summed E-state index contributed by atoms with van der Waals surface area (Å²) in [6, 6.07) is 7.69. The van der Waals surface area contributed by atoms with Gasteiger partial charge in [-0.25, -0.2) is 8.42 Å². The summed E-state index contributed by atoms with van der Waals surface area (Å²) < 4.78 is 28.1. The van der Waals surface area contributed by atoms with Crippen LogP contribution in [0.25, 0.3) is 0 Å². The molecular weight excluding hydrogens is 398 g/mol. The second-order valence-electron chi connectivity index (χ2n) is 9.32. The number of hydrogen-bond donors (Lipinski definition) is 2.